The molecule has 0 radical (unpaired) electrons. The molecule has 4 unspecified atom stereocenters. The highest BCUT2D eigenvalue weighted by molar-refractivity contribution is 9.10. The van der Waals surface area contributed by atoms with E-state index in [1.807, 2.05) is 11.3 Å². The highest BCUT2D eigenvalue weighted by atomic mass is 79.9. The second-order valence-electron chi connectivity index (χ2n) is 6.30. The molecule has 1 nitrogen and oxygen atoms in total. The monoisotopic (exact) mass is 341 g/mol. The Kier molecular flexibility index (Phi) is 4.66. The number of halogens is 1. The first-order valence-corrected chi connectivity index (χ1v) is 9.40. The number of thiophene rings is 1. The molecule has 0 aromatic carbocycles. The van der Waals surface area contributed by atoms with E-state index < -0.39 is 0 Å². The van der Waals surface area contributed by atoms with Crippen molar-refractivity contribution in [3.8, 4) is 0 Å². The largest absolute Gasteiger partial charge is 0.313 e. The summed E-state index contributed by atoms with van der Waals surface area (Å²) < 4.78 is 1.31. The normalized spacial score (nSPS) is 30.9. The summed E-state index contributed by atoms with van der Waals surface area (Å²) in [5.74, 6) is 2.99. The first-order valence-electron chi connectivity index (χ1n) is 7.73. The zero-order valence-corrected chi connectivity index (χ0v) is 14.1. The van der Waals surface area contributed by atoms with Crippen LogP contribution >= 0.6 is 27.3 Å². The van der Waals surface area contributed by atoms with Gasteiger partial charge in [-0.25, -0.2) is 0 Å². The molecule has 3 heteroatoms. The van der Waals surface area contributed by atoms with Crippen molar-refractivity contribution >= 4 is 27.3 Å². The van der Waals surface area contributed by atoms with Crippen LogP contribution in [0.2, 0.25) is 0 Å². The van der Waals surface area contributed by atoms with Gasteiger partial charge in [0.2, 0.25) is 0 Å². The smallest absolute Gasteiger partial charge is 0.0314 e. The standard InChI is InChI=1S/C16H24BrNS/c1-2-6-18-15(10-16-14(17)5-7-19-16)13-9-11-3-4-12(13)8-11/h5,7,11-13,15,18H,2-4,6,8-10H2,1H3. The lowest BCUT2D eigenvalue weighted by molar-refractivity contribution is 0.247. The predicted molar refractivity (Wildman–Crippen MR) is 86.7 cm³/mol. The molecule has 1 heterocycles. The van der Waals surface area contributed by atoms with Crippen LogP contribution in [-0.2, 0) is 6.42 Å². The van der Waals surface area contributed by atoms with E-state index in [9.17, 15) is 0 Å². The highest BCUT2D eigenvalue weighted by Gasteiger charge is 2.42. The van der Waals surface area contributed by atoms with Gasteiger partial charge in [0, 0.05) is 15.4 Å². The summed E-state index contributed by atoms with van der Waals surface area (Å²) in [6.07, 6.45) is 8.44. The molecule has 106 valence electrons. The van der Waals surface area contributed by atoms with E-state index in [2.05, 4.69) is 39.6 Å². The Hall–Kier alpha value is 0.140. The number of rotatable bonds is 6. The Bertz CT molecular complexity index is 417. The number of hydrogen-bond acceptors (Lipinski definition) is 2. The first kappa shape index (κ1) is 14.1. The van der Waals surface area contributed by atoms with Crippen molar-refractivity contribution in [3.05, 3.63) is 20.8 Å². The van der Waals surface area contributed by atoms with Gasteiger partial charge >= 0.3 is 0 Å². The average Bonchev–Trinajstić information content (AvgIpc) is 3.11. The van der Waals surface area contributed by atoms with Crippen LogP contribution in [0.5, 0.6) is 0 Å². The van der Waals surface area contributed by atoms with E-state index in [-0.39, 0.29) is 0 Å². The van der Waals surface area contributed by atoms with Gasteiger partial charge < -0.3 is 5.32 Å². The highest BCUT2D eigenvalue weighted by Crippen LogP contribution is 2.50. The summed E-state index contributed by atoms with van der Waals surface area (Å²) in [6, 6.07) is 2.89. The molecule has 0 amide bonds. The Morgan fingerprint density at radius 3 is 2.89 bits per heavy atom. The van der Waals surface area contributed by atoms with E-state index >= 15 is 0 Å². The van der Waals surface area contributed by atoms with E-state index in [0.717, 1.165) is 17.8 Å². The van der Waals surface area contributed by atoms with Gasteiger partial charge in [0.25, 0.3) is 0 Å². The lowest BCUT2D eigenvalue weighted by atomic mass is 9.81. The zero-order valence-electron chi connectivity index (χ0n) is 11.7. The fraction of sp³-hybridized carbons (Fsp3) is 0.750. The van der Waals surface area contributed by atoms with Crippen molar-refractivity contribution in [1.82, 2.24) is 5.32 Å². The Morgan fingerprint density at radius 2 is 2.32 bits per heavy atom. The van der Waals surface area contributed by atoms with Crippen molar-refractivity contribution in [3.63, 3.8) is 0 Å². The van der Waals surface area contributed by atoms with Gasteiger partial charge in [-0.05, 0) is 83.8 Å². The van der Waals surface area contributed by atoms with Gasteiger partial charge in [-0.15, -0.1) is 11.3 Å². The van der Waals surface area contributed by atoms with Crippen molar-refractivity contribution in [2.75, 3.05) is 6.54 Å². The van der Waals surface area contributed by atoms with Crippen molar-refractivity contribution in [2.45, 2.75) is 51.5 Å². The maximum atomic E-state index is 3.85. The van der Waals surface area contributed by atoms with Crippen LogP contribution in [0.25, 0.3) is 0 Å². The van der Waals surface area contributed by atoms with Crippen LogP contribution in [0.4, 0.5) is 0 Å². The van der Waals surface area contributed by atoms with Crippen LogP contribution in [-0.4, -0.2) is 12.6 Å². The first-order chi connectivity index (χ1) is 9.28. The minimum atomic E-state index is 0.699. The summed E-state index contributed by atoms with van der Waals surface area (Å²) in [5, 5.41) is 6.05. The average molecular weight is 342 g/mol. The minimum Gasteiger partial charge on any atom is -0.313 e. The maximum absolute atomic E-state index is 3.85. The van der Waals surface area contributed by atoms with E-state index in [1.54, 1.807) is 0 Å². The van der Waals surface area contributed by atoms with Crippen LogP contribution in [0, 0.1) is 17.8 Å². The molecular weight excluding hydrogens is 318 g/mol. The molecule has 2 bridgehead atoms. The summed E-state index contributed by atoms with van der Waals surface area (Å²) in [6.45, 7) is 3.44. The molecule has 0 saturated heterocycles. The lowest BCUT2D eigenvalue weighted by Crippen LogP contribution is -2.40. The SMILES string of the molecule is CCCNC(Cc1sccc1Br)C1CC2CCC1C2. The van der Waals surface area contributed by atoms with Gasteiger partial charge in [-0.2, -0.15) is 0 Å². The summed E-state index contributed by atoms with van der Waals surface area (Å²) in [5.41, 5.74) is 0. The van der Waals surface area contributed by atoms with E-state index in [1.165, 1.54) is 54.4 Å². The Morgan fingerprint density at radius 1 is 1.42 bits per heavy atom. The summed E-state index contributed by atoms with van der Waals surface area (Å²) in [7, 11) is 0. The van der Waals surface area contributed by atoms with Crippen LogP contribution in [0.1, 0.15) is 43.9 Å². The quantitative estimate of drug-likeness (QED) is 0.779. The summed E-state index contributed by atoms with van der Waals surface area (Å²) in [4.78, 5) is 1.52. The fourth-order valence-electron chi connectivity index (χ4n) is 4.16. The van der Waals surface area contributed by atoms with Gasteiger partial charge in [0.15, 0.2) is 0 Å². The molecule has 0 aliphatic heterocycles. The molecule has 4 atom stereocenters. The fourth-order valence-corrected chi connectivity index (χ4v) is 5.74. The third-order valence-corrected chi connectivity index (χ3v) is 7.01. The third-order valence-electron chi connectivity index (χ3n) is 5.06. The molecule has 2 aliphatic rings. The second kappa shape index (κ2) is 6.28. The van der Waals surface area contributed by atoms with Crippen molar-refractivity contribution < 1.29 is 0 Å². The number of hydrogen-bond donors (Lipinski definition) is 1. The molecule has 1 aromatic heterocycles. The van der Waals surface area contributed by atoms with Crippen LogP contribution < -0.4 is 5.32 Å². The molecular formula is C16H24BrNS. The number of nitrogens with one attached hydrogen (secondary N) is 1. The van der Waals surface area contributed by atoms with Gasteiger partial charge in [0.1, 0.15) is 0 Å². The third kappa shape index (κ3) is 3.08. The van der Waals surface area contributed by atoms with Crippen LogP contribution in [0.3, 0.4) is 0 Å². The molecule has 2 saturated carbocycles. The van der Waals surface area contributed by atoms with Gasteiger partial charge in [-0.3, -0.25) is 0 Å². The van der Waals surface area contributed by atoms with E-state index in [0.29, 0.717) is 6.04 Å². The van der Waals surface area contributed by atoms with Crippen molar-refractivity contribution in [2.24, 2.45) is 17.8 Å². The molecule has 2 fully saturated rings. The predicted octanol–water partition coefficient (Wildman–Crippen LogP) is 4.86. The molecule has 2 aliphatic carbocycles. The molecule has 19 heavy (non-hydrogen) atoms. The van der Waals surface area contributed by atoms with Crippen molar-refractivity contribution in [1.29, 1.82) is 0 Å². The van der Waals surface area contributed by atoms with Gasteiger partial charge in [0.05, 0.1) is 0 Å². The van der Waals surface area contributed by atoms with E-state index in [4.69, 9.17) is 0 Å². The van der Waals surface area contributed by atoms with Gasteiger partial charge in [-0.1, -0.05) is 13.3 Å². The number of fused-ring (bicyclic) bond motifs is 2. The maximum Gasteiger partial charge on any atom is 0.0314 e. The molecule has 1 aromatic rings. The Balaban J connectivity index is 1.68. The summed E-state index contributed by atoms with van der Waals surface area (Å²) >= 11 is 5.60. The topological polar surface area (TPSA) is 12.0 Å². The molecule has 3 rings (SSSR count). The van der Waals surface area contributed by atoms with Crippen LogP contribution in [0.15, 0.2) is 15.9 Å². The lowest BCUT2D eigenvalue weighted by Gasteiger charge is -2.31. The molecule has 1 N–H and O–H groups in total. The molecule has 0 spiro atoms. The minimum absolute atomic E-state index is 0.699. The Labute approximate surface area is 129 Å². The zero-order chi connectivity index (χ0) is 13.2. The second-order valence-corrected chi connectivity index (χ2v) is 8.15.